The molecule has 0 saturated heterocycles. The highest BCUT2D eigenvalue weighted by molar-refractivity contribution is 5.98. The summed E-state index contributed by atoms with van der Waals surface area (Å²) in [5.74, 6) is 0.589. The van der Waals surface area contributed by atoms with E-state index in [-0.39, 0.29) is 0 Å². The Bertz CT molecular complexity index is 1030. The van der Waals surface area contributed by atoms with E-state index in [0.717, 1.165) is 5.75 Å². The predicted molar refractivity (Wildman–Crippen MR) is 121 cm³/mol. The molecule has 0 aliphatic carbocycles. The standard InChI is InChI=1S/C25H26N2O5/c1-2-30-22-17-19(25(29)27-23(24(26)28)18-9-5-3-6-10-18)13-14-21(22)32-16-15-31-20-11-7-4-8-12-20/h3-14,17,23H,2,15-16H2,1H3,(H2,26,28)(H,27,29)/t23-/m1/s1. The molecular weight excluding hydrogens is 408 g/mol. The quantitative estimate of drug-likeness (QED) is 0.450. The zero-order valence-corrected chi connectivity index (χ0v) is 17.8. The molecule has 3 rings (SSSR count). The first-order valence-corrected chi connectivity index (χ1v) is 10.3. The maximum Gasteiger partial charge on any atom is 0.252 e. The fraction of sp³-hybridized carbons (Fsp3) is 0.200. The largest absolute Gasteiger partial charge is 0.490 e. The second kappa shape index (κ2) is 11.4. The van der Waals surface area contributed by atoms with Crippen LogP contribution in [-0.2, 0) is 4.79 Å². The van der Waals surface area contributed by atoms with Crippen LogP contribution in [0.3, 0.4) is 0 Å². The second-order valence-electron chi connectivity index (χ2n) is 6.82. The maximum atomic E-state index is 12.8. The van der Waals surface area contributed by atoms with Gasteiger partial charge in [0.05, 0.1) is 6.61 Å². The molecule has 7 nitrogen and oxygen atoms in total. The van der Waals surface area contributed by atoms with Crippen LogP contribution in [0, 0.1) is 0 Å². The molecule has 0 bridgehead atoms. The molecule has 3 N–H and O–H groups in total. The summed E-state index contributed by atoms with van der Waals surface area (Å²) in [6.45, 7) is 2.90. The summed E-state index contributed by atoms with van der Waals surface area (Å²) < 4.78 is 17.0. The summed E-state index contributed by atoms with van der Waals surface area (Å²) in [6.07, 6.45) is 0. The van der Waals surface area contributed by atoms with Crippen molar-refractivity contribution in [2.24, 2.45) is 5.73 Å². The number of hydrogen-bond acceptors (Lipinski definition) is 5. The summed E-state index contributed by atoms with van der Waals surface area (Å²) in [5, 5.41) is 2.68. The van der Waals surface area contributed by atoms with Crippen LogP contribution in [0.1, 0.15) is 28.9 Å². The van der Waals surface area contributed by atoms with E-state index in [2.05, 4.69) is 5.32 Å². The molecule has 0 radical (unpaired) electrons. The van der Waals surface area contributed by atoms with Gasteiger partial charge in [-0.2, -0.15) is 0 Å². The lowest BCUT2D eigenvalue weighted by molar-refractivity contribution is -0.120. The Morgan fingerprint density at radius 2 is 1.50 bits per heavy atom. The molecule has 0 heterocycles. The van der Waals surface area contributed by atoms with Crippen LogP contribution in [0.2, 0.25) is 0 Å². The van der Waals surface area contributed by atoms with Crippen molar-refractivity contribution in [3.63, 3.8) is 0 Å². The Balaban J connectivity index is 1.66. The zero-order valence-electron chi connectivity index (χ0n) is 17.8. The Kier molecular flexibility index (Phi) is 8.09. The van der Waals surface area contributed by atoms with E-state index in [9.17, 15) is 9.59 Å². The molecule has 0 saturated carbocycles. The maximum absolute atomic E-state index is 12.8. The van der Waals surface area contributed by atoms with Gasteiger partial charge in [0.2, 0.25) is 5.91 Å². The minimum atomic E-state index is -0.940. The lowest BCUT2D eigenvalue weighted by atomic mass is 10.1. The normalized spacial score (nSPS) is 11.3. The number of carbonyl (C=O) groups excluding carboxylic acids is 2. The molecule has 1 atom stereocenters. The van der Waals surface area contributed by atoms with Gasteiger partial charge in [0.1, 0.15) is 25.0 Å². The van der Waals surface area contributed by atoms with Gasteiger partial charge in [-0.05, 0) is 42.8 Å². The number of para-hydroxylation sites is 1. The number of carbonyl (C=O) groups is 2. The SMILES string of the molecule is CCOc1cc(C(=O)N[C@@H](C(N)=O)c2ccccc2)ccc1OCCOc1ccccc1. The molecule has 2 amide bonds. The highest BCUT2D eigenvalue weighted by Gasteiger charge is 2.21. The smallest absolute Gasteiger partial charge is 0.252 e. The van der Waals surface area contributed by atoms with Crippen LogP contribution in [0.5, 0.6) is 17.2 Å². The van der Waals surface area contributed by atoms with Gasteiger partial charge >= 0.3 is 0 Å². The first kappa shape index (κ1) is 22.7. The van der Waals surface area contributed by atoms with E-state index in [1.165, 1.54) is 0 Å². The highest BCUT2D eigenvalue weighted by Crippen LogP contribution is 2.29. The number of benzene rings is 3. The monoisotopic (exact) mass is 434 g/mol. The van der Waals surface area contributed by atoms with Crippen molar-refractivity contribution in [1.82, 2.24) is 5.32 Å². The third-order valence-corrected chi connectivity index (χ3v) is 4.55. The first-order chi connectivity index (χ1) is 15.6. The fourth-order valence-electron chi connectivity index (χ4n) is 3.04. The number of primary amides is 1. The summed E-state index contributed by atoms with van der Waals surface area (Å²) in [4.78, 5) is 24.7. The van der Waals surface area contributed by atoms with Crippen LogP contribution < -0.4 is 25.3 Å². The summed E-state index contributed by atoms with van der Waals surface area (Å²) >= 11 is 0. The Hall–Kier alpha value is -4.00. The Morgan fingerprint density at radius 3 is 2.16 bits per heavy atom. The molecular formula is C25H26N2O5. The van der Waals surface area contributed by atoms with E-state index < -0.39 is 17.9 Å². The van der Waals surface area contributed by atoms with E-state index in [1.807, 2.05) is 43.3 Å². The Morgan fingerprint density at radius 1 is 0.844 bits per heavy atom. The molecule has 0 spiro atoms. The van der Waals surface area contributed by atoms with Gasteiger partial charge in [0, 0.05) is 5.56 Å². The van der Waals surface area contributed by atoms with Gasteiger partial charge in [-0.3, -0.25) is 9.59 Å². The minimum Gasteiger partial charge on any atom is -0.490 e. The van der Waals surface area contributed by atoms with E-state index in [0.29, 0.717) is 42.4 Å². The molecule has 7 heteroatoms. The Labute approximate surface area is 187 Å². The third-order valence-electron chi connectivity index (χ3n) is 4.55. The van der Waals surface area contributed by atoms with E-state index in [4.69, 9.17) is 19.9 Å². The molecule has 32 heavy (non-hydrogen) atoms. The second-order valence-corrected chi connectivity index (χ2v) is 6.82. The number of rotatable bonds is 11. The van der Waals surface area contributed by atoms with Crippen molar-refractivity contribution >= 4 is 11.8 Å². The van der Waals surface area contributed by atoms with Gasteiger partial charge in [-0.1, -0.05) is 48.5 Å². The lowest BCUT2D eigenvalue weighted by Gasteiger charge is -2.17. The van der Waals surface area contributed by atoms with Crippen molar-refractivity contribution in [1.29, 1.82) is 0 Å². The molecule has 3 aromatic rings. The van der Waals surface area contributed by atoms with Crippen molar-refractivity contribution in [3.8, 4) is 17.2 Å². The summed E-state index contributed by atoms with van der Waals surface area (Å²) in [6, 6.07) is 22.2. The molecule has 3 aromatic carbocycles. The number of nitrogens with two attached hydrogens (primary N) is 1. The molecule has 166 valence electrons. The minimum absolute atomic E-state index is 0.304. The van der Waals surface area contributed by atoms with Crippen LogP contribution in [0.4, 0.5) is 0 Å². The number of hydrogen-bond donors (Lipinski definition) is 2. The van der Waals surface area contributed by atoms with Gasteiger partial charge in [0.25, 0.3) is 5.91 Å². The number of nitrogens with one attached hydrogen (secondary N) is 1. The zero-order chi connectivity index (χ0) is 22.8. The fourth-order valence-corrected chi connectivity index (χ4v) is 3.04. The number of ether oxygens (including phenoxy) is 3. The topological polar surface area (TPSA) is 99.9 Å². The average Bonchev–Trinajstić information content (AvgIpc) is 2.82. The van der Waals surface area contributed by atoms with Crippen molar-refractivity contribution in [2.75, 3.05) is 19.8 Å². The van der Waals surface area contributed by atoms with Crippen LogP contribution in [-0.4, -0.2) is 31.6 Å². The molecule has 0 aliphatic rings. The molecule has 0 unspecified atom stereocenters. The first-order valence-electron chi connectivity index (χ1n) is 10.3. The molecule has 0 fully saturated rings. The van der Waals surface area contributed by atoms with E-state index in [1.54, 1.807) is 42.5 Å². The van der Waals surface area contributed by atoms with Gasteiger partial charge < -0.3 is 25.3 Å². The van der Waals surface area contributed by atoms with Crippen LogP contribution in [0.15, 0.2) is 78.9 Å². The average molecular weight is 434 g/mol. The molecule has 0 aliphatic heterocycles. The summed E-state index contributed by atoms with van der Waals surface area (Å²) in [5.41, 5.74) is 6.43. The van der Waals surface area contributed by atoms with Crippen molar-refractivity contribution in [3.05, 3.63) is 90.0 Å². The predicted octanol–water partition coefficient (Wildman–Crippen LogP) is 3.50. The number of amides is 2. The summed E-state index contributed by atoms with van der Waals surface area (Å²) in [7, 11) is 0. The van der Waals surface area contributed by atoms with Crippen LogP contribution in [0.25, 0.3) is 0 Å². The van der Waals surface area contributed by atoms with Crippen molar-refractivity contribution in [2.45, 2.75) is 13.0 Å². The van der Waals surface area contributed by atoms with Crippen LogP contribution >= 0.6 is 0 Å². The lowest BCUT2D eigenvalue weighted by Crippen LogP contribution is -2.37. The van der Waals surface area contributed by atoms with Crippen molar-refractivity contribution < 1.29 is 23.8 Å². The van der Waals surface area contributed by atoms with Gasteiger partial charge in [-0.25, -0.2) is 0 Å². The molecule has 0 aromatic heterocycles. The third kappa shape index (κ3) is 6.25. The van der Waals surface area contributed by atoms with Gasteiger partial charge in [-0.15, -0.1) is 0 Å². The van der Waals surface area contributed by atoms with E-state index >= 15 is 0 Å². The highest BCUT2D eigenvalue weighted by atomic mass is 16.5. The van der Waals surface area contributed by atoms with Gasteiger partial charge in [0.15, 0.2) is 11.5 Å².